The lowest BCUT2D eigenvalue weighted by Gasteiger charge is -2.34. The largest absolute Gasteiger partial charge is 0.352 e. The van der Waals surface area contributed by atoms with E-state index in [9.17, 15) is 18.0 Å². The lowest BCUT2D eigenvalue weighted by molar-refractivity contribution is -0.140. The van der Waals surface area contributed by atoms with E-state index in [-0.39, 0.29) is 23.4 Å². The molecule has 3 aromatic carbocycles. The molecule has 0 spiro atoms. The van der Waals surface area contributed by atoms with Crippen LogP contribution < -0.4 is 9.62 Å². The fourth-order valence-electron chi connectivity index (χ4n) is 5.52. The molecule has 0 aliphatic heterocycles. The molecule has 1 aliphatic rings. The van der Waals surface area contributed by atoms with Crippen molar-refractivity contribution in [1.82, 2.24) is 10.2 Å². The van der Waals surface area contributed by atoms with Crippen molar-refractivity contribution < 1.29 is 18.0 Å². The van der Waals surface area contributed by atoms with Crippen LogP contribution in [0.4, 0.5) is 5.69 Å². The number of nitrogens with one attached hydrogen (secondary N) is 1. The van der Waals surface area contributed by atoms with Gasteiger partial charge in [-0.3, -0.25) is 13.9 Å². The summed E-state index contributed by atoms with van der Waals surface area (Å²) in [6.45, 7) is 9.28. The van der Waals surface area contributed by atoms with Gasteiger partial charge >= 0.3 is 0 Å². The molecular formula is C34H43N3O4S. The van der Waals surface area contributed by atoms with Gasteiger partial charge in [0.15, 0.2) is 0 Å². The van der Waals surface area contributed by atoms with Gasteiger partial charge < -0.3 is 10.2 Å². The maximum atomic E-state index is 14.3. The van der Waals surface area contributed by atoms with Crippen LogP contribution in [-0.4, -0.2) is 43.8 Å². The van der Waals surface area contributed by atoms with E-state index in [0.717, 1.165) is 53.5 Å². The monoisotopic (exact) mass is 589 g/mol. The summed E-state index contributed by atoms with van der Waals surface area (Å²) in [5.41, 5.74) is 4.97. The highest BCUT2D eigenvalue weighted by Gasteiger charge is 2.35. The zero-order valence-corrected chi connectivity index (χ0v) is 26.2. The molecule has 0 bridgehead atoms. The van der Waals surface area contributed by atoms with Gasteiger partial charge in [0.25, 0.3) is 10.0 Å². The number of benzene rings is 3. The fourth-order valence-corrected chi connectivity index (χ4v) is 6.99. The predicted molar refractivity (Wildman–Crippen MR) is 168 cm³/mol. The number of nitrogens with zero attached hydrogens (tertiary/aromatic N) is 2. The van der Waals surface area contributed by atoms with Crippen molar-refractivity contribution in [3.8, 4) is 0 Å². The zero-order valence-electron chi connectivity index (χ0n) is 25.4. The number of hydrogen-bond donors (Lipinski definition) is 1. The van der Waals surface area contributed by atoms with Crippen molar-refractivity contribution in [2.45, 2.75) is 90.2 Å². The van der Waals surface area contributed by atoms with Crippen molar-refractivity contribution in [3.63, 3.8) is 0 Å². The minimum atomic E-state index is -4.10. The predicted octanol–water partition coefficient (Wildman–Crippen LogP) is 5.98. The third-order valence-electron chi connectivity index (χ3n) is 8.08. The van der Waals surface area contributed by atoms with Gasteiger partial charge in [0.05, 0.1) is 10.6 Å². The van der Waals surface area contributed by atoms with Crippen LogP contribution in [0.1, 0.15) is 66.8 Å². The van der Waals surface area contributed by atoms with Crippen molar-refractivity contribution in [1.29, 1.82) is 0 Å². The molecule has 224 valence electrons. The number of amides is 2. The van der Waals surface area contributed by atoms with Crippen molar-refractivity contribution in [2.24, 2.45) is 0 Å². The molecular weight excluding hydrogens is 546 g/mol. The minimum absolute atomic E-state index is 0.108. The maximum Gasteiger partial charge on any atom is 0.264 e. The first-order valence-corrected chi connectivity index (χ1v) is 16.3. The Bertz CT molecular complexity index is 1490. The molecule has 0 radical (unpaired) electrons. The highest BCUT2D eigenvalue weighted by Crippen LogP contribution is 2.29. The third kappa shape index (κ3) is 7.40. The van der Waals surface area contributed by atoms with E-state index >= 15 is 0 Å². The van der Waals surface area contributed by atoms with Gasteiger partial charge in [-0.05, 0) is 81.8 Å². The first-order chi connectivity index (χ1) is 20.0. The Balaban J connectivity index is 1.74. The van der Waals surface area contributed by atoms with Crippen LogP contribution in [0.5, 0.6) is 0 Å². The van der Waals surface area contributed by atoms with E-state index in [1.54, 1.807) is 35.2 Å². The summed E-state index contributed by atoms with van der Waals surface area (Å²) in [6, 6.07) is 19.4. The van der Waals surface area contributed by atoms with Gasteiger partial charge in [0.1, 0.15) is 12.6 Å². The number of hydrogen-bond acceptors (Lipinski definition) is 4. The molecule has 7 nitrogen and oxygen atoms in total. The molecule has 1 atom stereocenters. The van der Waals surface area contributed by atoms with Crippen LogP contribution in [0.15, 0.2) is 71.6 Å². The first-order valence-electron chi connectivity index (χ1n) is 14.8. The van der Waals surface area contributed by atoms with Crippen LogP contribution in [0.25, 0.3) is 0 Å². The molecule has 8 heteroatoms. The maximum absolute atomic E-state index is 14.3. The van der Waals surface area contributed by atoms with Crippen molar-refractivity contribution in [2.75, 3.05) is 10.8 Å². The lowest BCUT2D eigenvalue weighted by atomic mass is 10.1. The first kappa shape index (κ1) is 31.3. The van der Waals surface area contributed by atoms with Crippen LogP contribution in [0, 0.1) is 27.7 Å². The van der Waals surface area contributed by atoms with Crippen molar-refractivity contribution >= 4 is 27.5 Å². The SMILES string of the molecule is CC[C@@H](C(=O)NC1CCCC1)N(Cc1ccc(C)cc1)C(=O)CN(c1cc(C)ccc1C)S(=O)(=O)c1ccc(C)cc1. The Morgan fingerprint density at radius 2 is 1.43 bits per heavy atom. The standard InChI is InChI=1S/C34H43N3O4S/c1-6-31(34(39)35-29-9-7-8-10-29)36(22-28-17-12-24(2)13-18-28)33(38)23-37(32-21-26(4)11-16-27(32)5)42(40,41)30-19-14-25(3)15-20-30/h11-21,29,31H,6-10,22-23H2,1-5H3,(H,35,39)/t31-/m0/s1. The van der Waals surface area contributed by atoms with E-state index in [4.69, 9.17) is 0 Å². The van der Waals surface area contributed by atoms with Gasteiger partial charge in [-0.15, -0.1) is 0 Å². The summed E-state index contributed by atoms with van der Waals surface area (Å²) in [5.74, 6) is -0.620. The van der Waals surface area contributed by atoms with E-state index in [2.05, 4.69) is 5.32 Å². The molecule has 0 heterocycles. The average molecular weight is 590 g/mol. The minimum Gasteiger partial charge on any atom is -0.352 e. The number of carbonyl (C=O) groups is 2. The smallest absolute Gasteiger partial charge is 0.264 e. The molecule has 0 unspecified atom stereocenters. The Morgan fingerprint density at radius 3 is 2.02 bits per heavy atom. The summed E-state index contributed by atoms with van der Waals surface area (Å²) in [5, 5.41) is 3.16. The molecule has 3 aromatic rings. The van der Waals surface area contributed by atoms with E-state index in [1.807, 2.05) is 71.0 Å². The number of rotatable bonds is 11. The quantitative estimate of drug-likeness (QED) is 0.298. The van der Waals surface area contributed by atoms with Gasteiger partial charge in [0.2, 0.25) is 11.8 Å². The van der Waals surface area contributed by atoms with Gasteiger partial charge in [-0.1, -0.05) is 79.4 Å². The topological polar surface area (TPSA) is 86.8 Å². The fraction of sp³-hybridized carbons (Fsp3) is 0.412. The summed E-state index contributed by atoms with van der Waals surface area (Å²) in [6.07, 6.45) is 4.43. The zero-order chi connectivity index (χ0) is 30.4. The Kier molecular flexibility index (Phi) is 10.1. The second kappa shape index (κ2) is 13.6. The second-order valence-electron chi connectivity index (χ2n) is 11.5. The Labute approximate surface area is 251 Å². The highest BCUT2D eigenvalue weighted by atomic mass is 32.2. The third-order valence-corrected chi connectivity index (χ3v) is 9.86. The summed E-state index contributed by atoms with van der Waals surface area (Å²) >= 11 is 0. The second-order valence-corrected chi connectivity index (χ2v) is 13.4. The normalized spacial score (nSPS) is 14.4. The van der Waals surface area contributed by atoms with Crippen LogP contribution in [0.2, 0.25) is 0 Å². The molecule has 1 aliphatic carbocycles. The average Bonchev–Trinajstić information content (AvgIpc) is 3.47. The molecule has 0 aromatic heterocycles. The van der Waals surface area contributed by atoms with Crippen LogP contribution in [-0.2, 0) is 26.2 Å². The lowest BCUT2D eigenvalue weighted by Crippen LogP contribution is -2.53. The van der Waals surface area contributed by atoms with Crippen LogP contribution in [0.3, 0.4) is 0 Å². The molecule has 1 saturated carbocycles. The van der Waals surface area contributed by atoms with Gasteiger partial charge in [-0.25, -0.2) is 8.42 Å². The molecule has 4 rings (SSSR count). The summed E-state index contributed by atoms with van der Waals surface area (Å²) < 4.78 is 29.5. The number of anilines is 1. The van der Waals surface area contributed by atoms with Crippen molar-refractivity contribution in [3.05, 3.63) is 94.5 Å². The number of aryl methyl sites for hydroxylation is 4. The number of carbonyl (C=O) groups excluding carboxylic acids is 2. The summed E-state index contributed by atoms with van der Waals surface area (Å²) in [7, 11) is -4.10. The van der Waals surface area contributed by atoms with Gasteiger partial charge in [-0.2, -0.15) is 0 Å². The Morgan fingerprint density at radius 1 is 0.857 bits per heavy atom. The highest BCUT2D eigenvalue weighted by molar-refractivity contribution is 7.92. The van der Waals surface area contributed by atoms with E-state index in [0.29, 0.717) is 12.1 Å². The molecule has 2 amide bonds. The molecule has 42 heavy (non-hydrogen) atoms. The van der Waals surface area contributed by atoms with Crippen LogP contribution >= 0.6 is 0 Å². The molecule has 1 fully saturated rings. The summed E-state index contributed by atoms with van der Waals surface area (Å²) in [4.78, 5) is 29.6. The molecule has 0 saturated heterocycles. The van der Waals surface area contributed by atoms with E-state index in [1.165, 1.54) is 4.31 Å². The van der Waals surface area contributed by atoms with E-state index < -0.39 is 28.5 Å². The van der Waals surface area contributed by atoms with Gasteiger partial charge in [0, 0.05) is 12.6 Å². The Hall–Kier alpha value is -3.65. The molecule has 1 N–H and O–H groups in total. The number of sulfonamides is 1.